The van der Waals surface area contributed by atoms with Crippen LogP contribution in [0.2, 0.25) is 0 Å². The molecule has 3 aromatic rings. The molecule has 0 aliphatic rings. The number of fused-ring (bicyclic) bond motifs is 1. The molecule has 0 saturated heterocycles. The minimum Gasteiger partial charge on any atom is -0.329 e. The molecule has 0 spiro atoms. The second-order valence-electron chi connectivity index (χ2n) is 3.12. The van der Waals surface area contributed by atoms with Crippen LogP contribution >= 0.6 is 11.3 Å². The number of hydrogen-bond donors (Lipinski definition) is 1. The Bertz CT molecular complexity index is 578. The molecule has 0 radical (unpaired) electrons. The normalized spacial score (nSPS) is 11.3. The van der Waals surface area contributed by atoms with Gasteiger partial charge in [-0.3, -0.25) is 4.68 Å². The first kappa shape index (κ1) is 9.36. The van der Waals surface area contributed by atoms with Crippen LogP contribution in [0.25, 0.3) is 15.7 Å². The molecule has 9 heteroatoms. The van der Waals surface area contributed by atoms with Crippen molar-refractivity contribution in [2.75, 3.05) is 6.54 Å². The fraction of sp³-hybridized carbons (Fsp3) is 0.286. The smallest absolute Gasteiger partial charge is 0.234 e. The number of nitrogens with zero attached hydrogens (tertiary/aromatic N) is 7. The van der Waals surface area contributed by atoms with Gasteiger partial charge in [-0.2, -0.15) is 9.61 Å². The van der Waals surface area contributed by atoms with Gasteiger partial charge in [0, 0.05) is 6.54 Å². The standard InChI is InChI=1S/C7H8N8S/c8-1-2-14-3-5(10-13-14)6-12-15-4-9-11-7(15)16-6/h3-4H,1-2,8H2. The van der Waals surface area contributed by atoms with E-state index >= 15 is 0 Å². The molecule has 0 fully saturated rings. The predicted molar refractivity (Wildman–Crippen MR) is 56.7 cm³/mol. The van der Waals surface area contributed by atoms with E-state index in [1.807, 2.05) is 6.20 Å². The number of hydrogen-bond acceptors (Lipinski definition) is 7. The molecule has 3 heterocycles. The van der Waals surface area contributed by atoms with Gasteiger partial charge in [0.2, 0.25) is 4.96 Å². The van der Waals surface area contributed by atoms with E-state index in [0.717, 1.165) is 15.7 Å². The fourth-order valence-corrected chi connectivity index (χ4v) is 2.07. The van der Waals surface area contributed by atoms with Crippen LogP contribution in [0, 0.1) is 0 Å². The van der Waals surface area contributed by atoms with Gasteiger partial charge in [-0.15, -0.1) is 15.3 Å². The van der Waals surface area contributed by atoms with Gasteiger partial charge in [-0.05, 0) is 0 Å². The summed E-state index contributed by atoms with van der Waals surface area (Å²) in [7, 11) is 0. The van der Waals surface area contributed by atoms with Crippen LogP contribution < -0.4 is 5.73 Å². The molecule has 8 nitrogen and oxygen atoms in total. The second kappa shape index (κ2) is 3.61. The van der Waals surface area contributed by atoms with Crippen LogP contribution in [0.15, 0.2) is 12.5 Å². The van der Waals surface area contributed by atoms with Crippen molar-refractivity contribution in [1.29, 1.82) is 0 Å². The molecule has 0 bridgehead atoms. The molecule has 3 aromatic heterocycles. The molecule has 0 amide bonds. The van der Waals surface area contributed by atoms with E-state index < -0.39 is 0 Å². The maximum atomic E-state index is 5.43. The zero-order chi connectivity index (χ0) is 11.0. The zero-order valence-corrected chi connectivity index (χ0v) is 9.00. The lowest BCUT2D eigenvalue weighted by molar-refractivity contribution is 0.598. The lowest BCUT2D eigenvalue weighted by Crippen LogP contribution is -2.10. The molecule has 16 heavy (non-hydrogen) atoms. The first-order valence-corrected chi connectivity index (χ1v) is 5.46. The van der Waals surface area contributed by atoms with Crippen LogP contribution in [0.3, 0.4) is 0 Å². The Kier molecular flexibility index (Phi) is 2.11. The monoisotopic (exact) mass is 236 g/mol. The summed E-state index contributed by atoms with van der Waals surface area (Å²) in [4.78, 5) is 0.739. The van der Waals surface area contributed by atoms with Crippen molar-refractivity contribution in [1.82, 2.24) is 34.8 Å². The summed E-state index contributed by atoms with van der Waals surface area (Å²) < 4.78 is 3.31. The molecular weight excluding hydrogens is 228 g/mol. The first-order chi connectivity index (χ1) is 7.86. The lowest BCUT2D eigenvalue weighted by atomic mass is 10.5. The van der Waals surface area contributed by atoms with Crippen LogP contribution in [0.4, 0.5) is 0 Å². The zero-order valence-electron chi connectivity index (χ0n) is 8.19. The molecule has 0 aromatic carbocycles. The summed E-state index contributed by atoms with van der Waals surface area (Å²) in [6, 6.07) is 0. The van der Waals surface area contributed by atoms with Gasteiger partial charge >= 0.3 is 0 Å². The van der Waals surface area contributed by atoms with Crippen LogP contribution in [-0.4, -0.2) is 41.4 Å². The number of rotatable bonds is 3. The van der Waals surface area contributed by atoms with Crippen molar-refractivity contribution >= 4 is 16.3 Å². The van der Waals surface area contributed by atoms with Crippen LogP contribution in [0.5, 0.6) is 0 Å². The van der Waals surface area contributed by atoms with Crippen molar-refractivity contribution in [2.24, 2.45) is 5.73 Å². The first-order valence-electron chi connectivity index (χ1n) is 4.64. The minimum atomic E-state index is 0.536. The SMILES string of the molecule is NCCn1cc(-c2nn3cnnc3s2)nn1. The highest BCUT2D eigenvalue weighted by atomic mass is 32.1. The summed E-state index contributed by atoms with van der Waals surface area (Å²) in [6.45, 7) is 1.19. The largest absolute Gasteiger partial charge is 0.329 e. The summed E-state index contributed by atoms with van der Waals surface area (Å²) >= 11 is 1.42. The highest BCUT2D eigenvalue weighted by molar-refractivity contribution is 7.19. The third kappa shape index (κ3) is 1.46. The molecule has 0 saturated carbocycles. The van der Waals surface area contributed by atoms with Crippen molar-refractivity contribution in [2.45, 2.75) is 6.54 Å². The highest BCUT2D eigenvalue weighted by Gasteiger charge is 2.10. The van der Waals surface area contributed by atoms with Crippen molar-refractivity contribution in [3.63, 3.8) is 0 Å². The highest BCUT2D eigenvalue weighted by Crippen LogP contribution is 2.21. The molecule has 0 aliphatic heterocycles. The molecule has 82 valence electrons. The minimum absolute atomic E-state index is 0.536. The Balaban J connectivity index is 1.98. The van der Waals surface area contributed by atoms with Crippen molar-refractivity contribution < 1.29 is 0 Å². The molecule has 2 N–H and O–H groups in total. The van der Waals surface area contributed by atoms with Gasteiger partial charge in [0.05, 0.1) is 12.7 Å². The van der Waals surface area contributed by atoms with E-state index in [0.29, 0.717) is 13.1 Å². The third-order valence-corrected chi connectivity index (χ3v) is 2.94. The maximum Gasteiger partial charge on any atom is 0.234 e. The van der Waals surface area contributed by atoms with E-state index in [1.165, 1.54) is 11.3 Å². The Morgan fingerprint density at radius 3 is 3.12 bits per heavy atom. The summed E-state index contributed by atoms with van der Waals surface area (Å²) in [5.41, 5.74) is 6.16. The summed E-state index contributed by atoms with van der Waals surface area (Å²) in [5, 5.41) is 20.7. The van der Waals surface area contributed by atoms with Crippen molar-refractivity contribution in [3.8, 4) is 10.7 Å². The average Bonchev–Trinajstić information content (AvgIpc) is 2.88. The van der Waals surface area contributed by atoms with Gasteiger partial charge in [-0.1, -0.05) is 16.6 Å². The fourth-order valence-electron chi connectivity index (χ4n) is 1.30. The Labute approximate surface area is 93.7 Å². The van der Waals surface area contributed by atoms with Crippen molar-refractivity contribution in [3.05, 3.63) is 12.5 Å². The van der Waals surface area contributed by atoms with E-state index in [-0.39, 0.29) is 0 Å². The van der Waals surface area contributed by atoms with E-state index in [1.54, 1.807) is 15.5 Å². The van der Waals surface area contributed by atoms with E-state index in [2.05, 4.69) is 25.6 Å². The average molecular weight is 236 g/mol. The quantitative estimate of drug-likeness (QED) is 0.652. The number of aromatic nitrogens is 7. The third-order valence-electron chi connectivity index (χ3n) is 2.00. The summed E-state index contributed by atoms with van der Waals surface area (Å²) in [6.07, 6.45) is 3.37. The van der Waals surface area contributed by atoms with Gasteiger partial charge in [-0.25, -0.2) is 0 Å². The molecule has 0 atom stereocenters. The summed E-state index contributed by atoms with van der Waals surface area (Å²) in [5.74, 6) is 0. The molecule has 0 unspecified atom stereocenters. The topological polar surface area (TPSA) is 99.8 Å². The molecular formula is C7H8N8S. The second-order valence-corrected chi connectivity index (χ2v) is 4.08. The van der Waals surface area contributed by atoms with Gasteiger partial charge in [0.25, 0.3) is 0 Å². The molecule has 0 aliphatic carbocycles. The lowest BCUT2D eigenvalue weighted by Gasteiger charge is -1.91. The number of nitrogens with two attached hydrogens (primary N) is 1. The van der Waals surface area contributed by atoms with Gasteiger partial charge < -0.3 is 5.73 Å². The van der Waals surface area contributed by atoms with E-state index in [4.69, 9.17) is 5.73 Å². The Morgan fingerprint density at radius 1 is 1.38 bits per heavy atom. The molecule has 3 rings (SSSR count). The Hall–Kier alpha value is -1.87. The van der Waals surface area contributed by atoms with E-state index in [9.17, 15) is 0 Å². The predicted octanol–water partition coefficient (Wildman–Crippen LogP) is -0.597. The van der Waals surface area contributed by atoms with Crippen LogP contribution in [-0.2, 0) is 6.54 Å². The van der Waals surface area contributed by atoms with Gasteiger partial charge in [0.15, 0.2) is 5.01 Å². The van der Waals surface area contributed by atoms with Crippen LogP contribution in [0.1, 0.15) is 0 Å². The maximum absolute atomic E-state index is 5.43. The Morgan fingerprint density at radius 2 is 2.31 bits per heavy atom. The van der Waals surface area contributed by atoms with Gasteiger partial charge in [0.1, 0.15) is 12.0 Å².